The molecule has 0 spiro atoms. The molecule has 108 valence electrons. The minimum absolute atomic E-state index is 0.0942. The molecule has 1 saturated heterocycles. The van der Waals surface area contributed by atoms with Gasteiger partial charge in [-0.05, 0) is 18.9 Å². The van der Waals surface area contributed by atoms with Gasteiger partial charge in [0.2, 0.25) is 0 Å². The van der Waals surface area contributed by atoms with Crippen LogP contribution in [0.15, 0.2) is 12.1 Å². The standard InChI is InChI=1S/C14H15Cl2FN2O/c15-4-3-14-18-12-6-10(16)11(17)7-13(12)19(14)8-9-2-1-5-20-9/h6-7,9H,1-5,8H2. The number of halogens is 3. The van der Waals surface area contributed by atoms with Crippen molar-refractivity contribution in [1.82, 2.24) is 9.55 Å². The zero-order valence-electron chi connectivity index (χ0n) is 10.9. The third kappa shape index (κ3) is 2.65. The molecule has 1 aromatic heterocycles. The van der Waals surface area contributed by atoms with Crippen LogP contribution in [0.3, 0.4) is 0 Å². The van der Waals surface area contributed by atoms with Gasteiger partial charge in [0.1, 0.15) is 11.6 Å². The number of alkyl halides is 1. The highest BCUT2D eigenvalue weighted by molar-refractivity contribution is 6.31. The summed E-state index contributed by atoms with van der Waals surface area (Å²) in [7, 11) is 0. The first-order valence-corrected chi connectivity index (χ1v) is 7.62. The molecule has 1 atom stereocenters. The molecule has 0 N–H and O–H groups in total. The SMILES string of the molecule is Fc1cc2c(cc1Cl)nc(CCCl)n2CC1CCCO1. The second-order valence-electron chi connectivity index (χ2n) is 4.97. The van der Waals surface area contributed by atoms with E-state index in [9.17, 15) is 4.39 Å². The monoisotopic (exact) mass is 316 g/mol. The molecule has 2 heterocycles. The highest BCUT2D eigenvalue weighted by atomic mass is 35.5. The van der Waals surface area contributed by atoms with Crippen LogP contribution in [0.2, 0.25) is 5.02 Å². The lowest BCUT2D eigenvalue weighted by Crippen LogP contribution is -2.17. The van der Waals surface area contributed by atoms with Crippen molar-refractivity contribution in [3.8, 4) is 0 Å². The fraction of sp³-hybridized carbons (Fsp3) is 0.500. The summed E-state index contributed by atoms with van der Waals surface area (Å²) in [5.41, 5.74) is 1.46. The summed E-state index contributed by atoms with van der Waals surface area (Å²) in [6.45, 7) is 1.48. The fourth-order valence-electron chi connectivity index (χ4n) is 2.64. The molecule has 1 aliphatic rings. The average molecular weight is 317 g/mol. The van der Waals surface area contributed by atoms with E-state index in [0.717, 1.165) is 30.8 Å². The third-order valence-electron chi connectivity index (χ3n) is 3.60. The fourth-order valence-corrected chi connectivity index (χ4v) is 2.97. The van der Waals surface area contributed by atoms with Gasteiger partial charge in [-0.2, -0.15) is 0 Å². The lowest BCUT2D eigenvalue weighted by Gasteiger charge is -2.13. The summed E-state index contributed by atoms with van der Waals surface area (Å²) in [5.74, 6) is 0.905. The summed E-state index contributed by atoms with van der Waals surface area (Å²) in [5, 5.41) is 0.0942. The first-order chi connectivity index (χ1) is 9.69. The van der Waals surface area contributed by atoms with Crippen LogP contribution in [-0.2, 0) is 17.7 Å². The number of ether oxygens (including phenoxy) is 1. The van der Waals surface area contributed by atoms with Gasteiger partial charge in [0.15, 0.2) is 0 Å². The van der Waals surface area contributed by atoms with Crippen LogP contribution in [0.25, 0.3) is 11.0 Å². The molecule has 3 rings (SSSR count). The molecule has 0 saturated carbocycles. The van der Waals surface area contributed by atoms with Crippen LogP contribution in [0.1, 0.15) is 18.7 Å². The van der Waals surface area contributed by atoms with E-state index in [1.165, 1.54) is 6.07 Å². The lowest BCUT2D eigenvalue weighted by molar-refractivity contribution is 0.0972. The Hall–Kier alpha value is -0.840. The molecule has 0 amide bonds. The van der Waals surface area contributed by atoms with Crippen LogP contribution in [0, 0.1) is 5.82 Å². The van der Waals surface area contributed by atoms with Gasteiger partial charge in [-0.1, -0.05) is 11.6 Å². The highest BCUT2D eigenvalue weighted by Gasteiger charge is 2.20. The van der Waals surface area contributed by atoms with E-state index < -0.39 is 5.82 Å². The van der Waals surface area contributed by atoms with E-state index in [1.54, 1.807) is 6.07 Å². The summed E-state index contributed by atoms with van der Waals surface area (Å²) in [6.07, 6.45) is 2.90. The molecule has 1 fully saturated rings. The van der Waals surface area contributed by atoms with Gasteiger partial charge in [-0.15, -0.1) is 11.6 Å². The third-order valence-corrected chi connectivity index (χ3v) is 4.08. The summed E-state index contributed by atoms with van der Waals surface area (Å²) >= 11 is 11.7. The second kappa shape index (κ2) is 5.88. The number of fused-ring (bicyclic) bond motifs is 1. The number of aromatic nitrogens is 2. The maximum Gasteiger partial charge on any atom is 0.144 e. The first-order valence-electron chi connectivity index (χ1n) is 6.71. The van der Waals surface area contributed by atoms with Crippen LogP contribution >= 0.6 is 23.2 Å². The van der Waals surface area contributed by atoms with Crippen LogP contribution < -0.4 is 0 Å². The van der Waals surface area contributed by atoms with Crippen LogP contribution in [0.4, 0.5) is 4.39 Å². The normalized spacial score (nSPS) is 19.1. The lowest BCUT2D eigenvalue weighted by atomic mass is 10.2. The molecule has 3 nitrogen and oxygen atoms in total. The van der Waals surface area contributed by atoms with Crippen molar-refractivity contribution >= 4 is 34.2 Å². The van der Waals surface area contributed by atoms with Crippen molar-refractivity contribution in [2.45, 2.75) is 31.9 Å². The van der Waals surface area contributed by atoms with Crippen molar-refractivity contribution in [2.24, 2.45) is 0 Å². The van der Waals surface area contributed by atoms with Crippen molar-refractivity contribution < 1.29 is 9.13 Å². The Balaban J connectivity index is 2.04. The molecule has 0 bridgehead atoms. The topological polar surface area (TPSA) is 27.1 Å². The maximum atomic E-state index is 13.7. The summed E-state index contributed by atoms with van der Waals surface area (Å²) < 4.78 is 21.4. The molecule has 0 aliphatic carbocycles. The molecule has 2 aromatic rings. The predicted octanol–water partition coefficient (Wildman–Crippen LogP) is 3.79. The Bertz CT molecular complexity index is 623. The van der Waals surface area contributed by atoms with E-state index in [0.29, 0.717) is 24.4 Å². The minimum Gasteiger partial charge on any atom is -0.376 e. The Kier molecular flexibility index (Phi) is 4.15. The number of nitrogens with zero attached hydrogens (tertiary/aromatic N) is 2. The molecule has 1 aliphatic heterocycles. The Morgan fingerprint density at radius 2 is 2.30 bits per heavy atom. The number of hydrogen-bond acceptors (Lipinski definition) is 2. The first kappa shape index (κ1) is 14.1. The zero-order valence-corrected chi connectivity index (χ0v) is 12.4. The molecule has 6 heteroatoms. The highest BCUT2D eigenvalue weighted by Crippen LogP contribution is 2.26. The van der Waals surface area contributed by atoms with E-state index >= 15 is 0 Å². The van der Waals surface area contributed by atoms with E-state index in [1.807, 2.05) is 4.57 Å². The van der Waals surface area contributed by atoms with Crippen LogP contribution in [-0.4, -0.2) is 28.1 Å². The Labute approximate surface area is 126 Å². The van der Waals surface area contributed by atoms with Crippen molar-refractivity contribution in [3.05, 3.63) is 28.8 Å². The van der Waals surface area contributed by atoms with Crippen molar-refractivity contribution in [2.75, 3.05) is 12.5 Å². The van der Waals surface area contributed by atoms with E-state index in [4.69, 9.17) is 27.9 Å². The van der Waals surface area contributed by atoms with E-state index in [2.05, 4.69) is 4.98 Å². The molecule has 1 aromatic carbocycles. The minimum atomic E-state index is -0.426. The average Bonchev–Trinajstić information content (AvgIpc) is 3.02. The number of imidazole rings is 1. The van der Waals surface area contributed by atoms with E-state index in [-0.39, 0.29) is 11.1 Å². The summed E-state index contributed by atoms with van der Waals surface area (Å²) in [6, 6.07) is 3.01. The number of benzene rings is 1. The maximum absolute atomic E-state index is 13.7. The van der Waals surface area contributed by atoms with Gasteiger partial charge in [0, 0.05) is 25.0 Å². The van der Waals surface area contributed by atoms with Crippen LogP contribution in [0.5, 0.6) is 0 Å². The summed E-state index contributed by atoms with van der Waals surface area (Å²) in [4.78, 5) is 4.52. The quantitative estimate of drug-likeness (QED) is 0.802. The van der Waals surface area contributed by atoms with Gasteiger partial charge in [-0.25, -0.2) is 9.37 Å². The van der Waals surface area contributed by atoms with Gasteiger partial charge >= 0.3 is 0 Å². The number of aryl methyl sites for hydroxylation is 1. The van der Waals surface area contributed by atoms with Gasteiger partial charge in [0.25, 0.3) is 0 Å². The van der Waals surface area contributed by atoms with Gasteiger partial charge in [0.05, 0.1) is 28.7 Å². The Morgan fingerprint density at radius 1 is 1.45 bits per heavy atom. The van der Waals surface area contributed by atoms with Crippen molar-refractivity contribution in [3.63, 3.8) is 0 Å². The predicted molar refractivity (Wildman–Crippen MR) is 78.1 cm³/mol. The smallest absolute Gasteiger partial charge is 0.144 e. The molecule has 0 radical (unpaired) electrons. The Morgan fingerprint density at radius 3 is 3.00 bits per heavy atom. The zero-order chi connectivity index (χ0) is 14.1. The molecule has 1 unspecified atom stereocenters. The van der Waals surface area contributed by atoms with Crippen molar-refractivity contribution in [1.29, 1.82) is 0 Å². The second-order valence-corrected chi connectivity index (χ2v) is 5.75. The largest absolute Gasteiger partial charge is 0.376 e. The van der Waals surface area contributed by atoms with Gasteiger partial charge < -0.3 is 9.30 Å². The molecule has 20 heavy (non-hydrogen) atoms. The number of hydrogen-bond donors (Lipinski definition) is 0. The number of rotatable bonds is 4. The molecular formula is C14H15Cl2FN2O. The van der Waals surface area contributed by atoms with Gasteiger partial charge in [-0.3, -0.25) is 0 Å². The molecular weight excluding hydrogens is 302 g/mol.